The van der Waals surface area contributed by atoms with Gasteiger partial charge in [-0.15, -0.1) is 5.10 Å². The van der Waals surface area contributed by atoms with Crippen LogP contribution in [-0.4, -0.2) is 35.7 Å². The predicted molar refractivity (Wildman–Crippen MR) is 56.7 cm³/mol. The van der Waals surface area contributed by atoms with E-state index in [4.69, 9.17) is 4.42 Å². The molecule has 1 unspecified atom stereocenters. The lowest BCUT2D eigenvalue weighted by molar-refractivity contribution is -0.122. The molecule has 1 aliphatic heterocycles. The maximum atomic E-state index is 11.0. The smallest absolute Gasteiger partial charge is 0.315 e. The lowest BCUT2D eigenvalue weighted by Crippen LogP contribution is -2.41. The average Bonchev–Trinajstić information content (AvgIpc) is 2.70. The molecule has 1 amide bonds. The molecule has 7 nitrogen and oxygen atoms in total. The Bertz CT molecular complexity index is 355. The van der Waals surface area contributed by atoms with Crippen LogP contribution >= 0.6 is 0 Å². The Morgan fingerprint density at radius 3 is 3.12 bits per heavy atom. The van der Waals surface area contributed by atoms with Crippen LogP contribution in [0.15, 0.2) is 4.42 Å². The first-order valence-electron chi connectivity index (χ1n) is 5.28. The maximum absolute atomic E-state index is 11.0. The lowest BCUT2D eigenvalue weighted by atomic mass is 10.1. The van der Waals surface area contributed by atoms with E-state index in [-0.39, 0.29) is 11.9 Å². The molecule has 2 rings (SSSR count). The number of aromatic nitrogens is 2. The lowest BCUT2D eigenvalue weighted by Gasteiger charge is -2.22. The second-order valence-electron chi connectivity index (χ2n) is 3.72. The summed E-state index contributed by atoms with van der Waals surface area (Å²) >= 11 is 0. The number of carbonyl (C=O) groups excluding carboxylic acids is 1. The molecule has 1 aromatic heterocycles. The first-order valence-corrected chi connectivity index (χ1v) is 5.28. The highest BCUT2D eigenvalue weighted by atomic mass is 16.4. The number of piperidine rings is 1. The molecule has 0 bridgehead atoms. The zero-order valence-electron chi connectivity index (χ0n) is 9.12. The summed E-state index contributed by atoms with van der Waals surface area (Å²) in [6.07, 6.45) is 1.32. The van der Waals surface area contributed by atoms with E-state index in [1.165, 1.54) is 0 Å². The van der Waals surface area contributed by atoms with Gasteiger partial charge in [0, 0.05) is 19.0 Å². The third-order valence-corrected chi connectivity index (χ3v) is 2.39. The molecule has 16 heavy (non-hydrogen) atoms. The molecule has 7 heteroatoms. The highest BCUT2D eigenvalue weighted by Crippen LogP contribution is 2.11. The molecular weight excluding hydrogens is 210 g/mol. The van der Waals surface area contributed by atoms with Crippen molar-refractivity contribution in [3.05, 3.63) is 5.89 Å². The van der Waals surface area contributed by atoms with E-state index in [9.17, 15) is 4.79 Å². The predicted octanol–water partition coefficient (Wildman–Crippen LogP) is -0.521. The minimum absolute atomic E-state index is 0.0967. The third-order valence-electron chi connectivity index (χ3n) is 2.39. The quantitative estimate of drug-likeness (QED) is 0.638. The summed E-state index contributed by atoms with van der Waals surface area (Å²) in [5, 5.41) is 16.5. The van der Waals surface area contributed by atoms with Crippen LogP contribution in [0.3, 0.4) is 0 Å². The van der Waals surface area contributed by atoms with Crippen LogP contribution < -0.4 is 16.0 Å². The Morgan fingerprint density at radius 1 is 1.56 bits per heavy atom. The van der Waals surface area contributed by atoms with E-state index in [0.29, 0.717) is 31.4 Å². The summed E-state index contributed by atoms with van der Waals surface area (Å²) in [5.41, 5.74) is 0. The van der Waals surface area contributed by atoms with Gasteiger partial charge in [-0.2, -0.15) is 0 Å². The zero-order chi connectivity index (χ0) is 11.4. The largest absolute Gasteiger partial charge is 0.407 e. The SMILES string of the molecule is CNCc1nnc(NC2CCC(=O)NC2)o1. The molecule has 1 saturated heterocycles. The fourth-order valence-electron chi connectivity index (χ4n) is 1.57. The van der Waals surface area contributed by atoms with Gasteiger partial charge in [-0.1, -0.05) is 5.10 Å². The Kier molecular flexibility index (Phi) is 3.35. The van der Waals surface area contributed by atoms with Crippen molar-refractivity contribution in [2.24, 2.45) is 0 Å². The Morgan fingerprint density at radius 2 is 2.44 bits per heavy atom. The number of rotatable bonds is 4. The van der Waals surface area contributed by atoms with Crippen molar-refractivity contribution in [2.45, 2.75) is 25.4 Å². The highest BCUT2D eigenvalue weighted by Gasteiger charge is 2.19. The van der Waals surface area contributed by atoms with Gasteiger partial charge in [-0.25, -0.2) is 0 Å². The zero-order valence-corrected chi connectivity index (χ0v) is 9.12. The van der Waals surface area contributed by atoms with Crippen molar-refractivity contribution in [1.29, 1.82) is 0 Å². The van der Waals surface area contributed by atoms with Crippen molar-refractivity contribution >= 4 is 11.9 Å². The number of carbonyl (C=O) groups is 1. The second kappa shape index (κ2) is 4.93. The topological polar surface area (TPSA) is 92.1 Å². The Hall–Kier alpha value is -1.63. The minimum Gasteiger partial charge on any atom is -0.407 e. The molecule has 0 spiro atoms. The van der Waals surface area contributed by atoms with Crippen molar-refractivity contribution in [3.8, 4) is 0 Å². The van der Waals surface area contributed by atoms with Crippen LogP contribution in [0.2, 0.25) is 0 Å². The first-order chi connectivity index (χ1) is 7.78. The molecular formula is C9H15N5O2. The molecule has 0 saturated carbocycles. The van der Waals surface area contributed by atoms with E-state index < -0.39 is 0 Å². The molecule has 1 aliphatic rings. The van der Waals surface area contributed by atoms with E-state index in [1.807, 2.05) is 7.05 Å². The molecule has 0 radical (unpaired) electrons. The van der Waals surface area contributed by atoms with E-state index in [2.05, 4.69) is 26.1 Å². The molecule has 2 heterocycles. The van der Waals surface area contributed by atoms with Crippen molar-refractivity contribution in [3.63, 3.8) is 0 Å². The summed E-state index contributed by atoms with van der Waals surface area (Å²) in [6, 6.07) is 0.576. The summed E-state index contributed by atoms with van der Waals surface area (Å²) in [7, 11) is 1.81. The monoisotopic (exact) mass is 225 g/mol. The van der Waals surface area contributed by atoms with Gasteiger partial charge in [0.25, 0.3) is 0 Å². The Labute approximate surface area is 93.0 Å². The molecule has 0 aliphatic carbocycles. The number of anilines is 1. The minimum atomic E-state index is 0.0967. The van der Waals surface area contributed by atoms with E-state index in [0.717, 1.165) is 6.42 Å². The molecule has 1 aromatic rings. The van der Waals surface area contributed by atoms with Crippen LogP contribution in [0.4, 0.5) is 6.01 Å². The summed E-state index contributed by atoms with van der Waals surface area (Å²) in [5.74, 6) is 0.643. The van der Waals surface area contributed by atoms with Crippen molar-refractivity contribution in [1.82, 2.24) is 20.8 Å². The van der Waals surface area contributed by atoms with Crippen LogP contribution in [0.5, 0.6) is 0 Å². The van der Waals surface area contributed by atoms with Crippen LogP contribution in [0, 0.1) is 0 Å². The van der Waals surface area contributed by atoms with Gasteiger partial charge in [0.1, 0.15) is 0 Å². The third kappa shape index (κ3) is 2.69. The molecule has 1 atom stereocenters. The number of hydrogen-bond acceptors (Lipinski definition) is 6. The number of nitrogens with zero attached hydrogens (tertiary/aromatic N) is 2. The molecule has 88 valence electrons. The van der Waals surface area contributed by atoms with Gasteiger partial charge in [0.05, 0.1) is 6.54 Å². The normalized spacial score (nSPS) is 20.6. The number of hydrogen-bond donors (Lipinski definition) is 3. The van der Waals surface area contributed by atoms with E-state index >= 15 is 0 Å². The van der Waals surface area contributed by atoms with E-state index in [1.54, 1.807) is 0 Å². The molecule has 0 aromatic carbocycles. The standard InChI is InChI=1S/C9H15N5O2/c1-10-5-8-13-14-9(16-8)12-6-2-3-7(15)11-4-6/h6,10H,2-5H2,1H3,(H,11,15)(H,12,14). The molecule has 3 N–H and O–H groups in total. The number of amides is 1. The Balaban J connectivity index is 1.86. The van der Waals surface area contributed by atoms with Gasteiger partial charge < -0.3 is 20.4 Å². The number of nitrogens with one attached hydrogen (secondary N) is 3. The fraction of sp³-hybridized carbons (Fsp3) is 0.667. The van der Waals surface area contributed by atoms with Crippen LogP contribution in [0.1, 0.15) is 18.7 Å². The van der Waals surface area contributed by atoms with Crippen LogP contribution in [0.25, 0.3) is 0 Å². The average molecular weight is 225 g/mol. The van der Waals surface area contributed by atoms with Gasteiger partial charge in [-0.3, -0.25) is 4.79 Å². The summed E-state index contributed by atoms with van der Waals surface area (Å²) in [6.45, 7) is 1.15. The van der Waals surface area contributed by atoms with Gasteiger partial charge in [0.2, 0.25) is 11.8 Å². The molecule has 1 fully saturated rings. The maximum Gasteiger partial charge on any atom is 0.315 e. The summed E-state index contributed by atoms with van der Waals surface area (Å²) in [4.78, 5) is 11.0. The van der Waals surface area contributed by atoms with Gasteiger partial charge in [-0.05, 0) is 13.5 Å². The fourth-order valence-corrected chi connectivity index (χ4v) is 1.57. The first kappa shape index (κ1) is 10.9. The summed E-state index contributed by atoms with van der Waals surface area (Å²) < 4.78 is 5.35. The van der Waals surface area contributed by atoms with Crippen molar-refractivity contribution < 1.29 is 9.21 Å². The second-order valence-corrected chi connectivity index (χ2v) is 3.72. The van der Waals surface area contributed by atoms with Crippen molar-refractivity contribution in [2.75, 3.05) is 18.9 Å². The van der Waals surface area contributed by atoms with Gasteiger partial charge >= 0.3 is 6.01 Å². The van der Waals surface area contributed by atoms with Gasteiger partial charge in [0.15, 0.2) is 0 Å². The highest BCUT2D eigenvalue weighted by molar-refractivity contribution is 5.76. The van der Waals surface area contributed by atoms with Crippen LogP contribution in [-0.2, 0) is 11.3 Å².